The first kappa shape index (κ1) is 16.4. The number of nitrogens with one attached hydrogen (secondary N) is 2. The highest BCUT2D eigenvalue weighted by atomic mass is 16.2. The molecule has 0 saturated carbocycles. The largest absolute Gasteiger partial charge is 0.384 e. The molecule has 4 N–H and O–H groups in total. The van der Waals surface area contributed by atoms with Gasteiger partial charge >= 0.3 is 0 Å². The number of hydrogen-bond acceptors (Lipinski definition) is 5. The van der Waals surface area contributed by atoms with E-state index in [1.165, 1.54) is 6.92 Å². The fourth-order valence-corrected chi connectivity index (χ4v) is 2.45. The summed E-state index contributed by atoms with van der Waals surface area (Å²) in [4.78, 5) is 28.2. The minimum atomic E-state index is -0.381. The number of benzene rings is 2. The Kier molecular flexibility index (Phi) is 4.61. The average Bonchev–Trinajstić information content (AvgIpc) is 2.63. The number of carbonyl (C=O) groups excluding carboxylic acids is 2. The van der Waals surface area contributed by atoms with Crippen LogP contribution in [0.5, 0.6) is 0 Å². The van der Waals surface area contributed by atoms with Gasteiger partial charge in [-0.05, 0) is 24.6 Å². The maximum absolute atomic E-state index is 12.5. The SMILES string of the molecule is CC(=O)c1ccc(C2=NC(C(=O)Nc3ccccc3)=C(N)NC2)cc1. The summed E-state index contributed by atoms with van der Waals surface area (Å²) in [7, 11) is 0. The second-order valence-electron chi connectivity index (χ2n) is 5.63. The molecule has 1 heterocycles. The van der Waals surface area contributed by atoms with Crippen molar-refractivity contribution >= 4 is 23.1 Å². The van der Waals surface area contributed by atoms with E-state index in [9.17, 15) is 9.59 Å². The van der Waals surface area contributed by atoms with Crippen molar-refractivity contribution in [2.24, 2.45) is 10.7 Å². The van der Waals surface area contributed by atoms with E-state index in [4.69, 9.17) is 5.73 Å². The number of para-hydroxylation sites is 1. The van der Waals surface area contributed by atoms with Crippen molar-refractivity contribution in [2.75, 3.05) is 11.9 Å². The highest BCUT2D eigenvalue weighted by molar-refractivity contribution is 6.10. The maximum atomic E-state index is 12.5. The van der Waals surface area contributed by atoms with Gasteiger partial charge in [-0.1, -0.05) is 42.5 Å². The molecule has 25 heavy (non-hydrogen) atoms. The molecule has 0 radical (unpaired) electrons. The van der Waals surface area contributed by atoms with Gasteiger partial charge in [-0.25, -0.2) is 4.99 Å². The normalized spacial score (nSPS) is 13.7. The molecule has 0 aliphatic carbocycles. The summed E-state index contributed by atoms with van der Waals surface area (Å²) in [5, 5.41) is 5.75. The van der Waals surface area contributed by atoms with Crippen LogP contribution in [-0.4, -0.2) is 23.9 Å². The van der Waals surface area contributed by atoms with Gasteiger partial charge in [0.05, 0.1) is 12.3 Å². The van der Waals surface area contributed by atoms with Crippen molar-refractivity contribution in [3.63, 3.8) is 0 Å². The molecule has 1 aliphatic rings. The van der Waals surface area contributed by atoms with Crippen LogP contribution in [-0.2, 0) is 4.79 Å². The van der Waals surface area contributed by atoms with Crippen molar-refractivity contribution < 1.29 is 9.59 Å². The molecule has 126 valence electrons. The Balaban J connectivity index is 1.84. The topological polar surface area (TPSA) is 96.6 Å². The van der Waals surface area contributed by atoms with Crippen LogP contribution in [0.15, 0.2) is 71.1 Å². The first-order valence-corrected chi connectivity index (χ1v) is 7.83. The van der Waals surface area contributed by atoms with Gasteiger partial charge in [-0.2, -0.15) is 0 Å². The van der Waals surface area contributed by atoms with E-state index in [-0.39, 0.29) is 23.2 Å². The third kappa shape index (κ3) is 3.74. The number of nitrogens with two attached hydrogens (primary N) is 1. The first-order valence-electron chi connectivity index (χ1n) is 7.83. The first-order chi connectivity index (χ1) is 12.0. The Morgan fingerprint density at radius 1 is 1.08 bits per heavy atom. The van der Waals surface area contributed by atoms with E-state index < -0.39 is 0 Å². The second-order valence-corrected chi connectivity index (χ2v) is 5.63. The van der Waals surface area contributed by atoms with E-state index in [1.54, 1.807) is 24.3 Å². The lowest BCUT2D eigenvalue weighted by Gasteiger charge is -2.18. The zero-order valence-corrected chi connectivity index (χ0v) is 13.7. The summed E-state index contributed by atoms with van der Waals surface area (Å²) in [6.07, 6.45) is 0. The molecule has 1 amide bonds. The molecule has 0 unspecified atom stereocenters. The molecular weight excluding hydrogens is 316 g/mol. The Morgan fingerprint density at radius 3 is 2.40 bits per heavy atom. The summed E-state index contributed by atoms with van der Waals surface area (Å²) in [5.41, 5.74) is 8.84. The molecule has 6 heteroatoms. The summed E-state index contributed by atoms with van der Waals surface area (Å²) < 4.78 is 0. The lowest BCUT2D eigenvalue weighted by molar-refractivity contribution is -0.113. The predicted molar refractivity (Wildman–Crippen MR) is 97.3 cm³/mol. The quantitative estimate of drug-likeness (QED) is 0.746. The van der Waals surface area contributed by atoms with E-state index in [2.05, 4.69) is 15.6 Å². The van der Waals surface area contributed by atoms with Crippen molar-refractivity contribution in [1.82, 2.24) is 5.32 Å². The van der Waals surface area contributed by atoms with Gasteiger partial charge in [-0.15, -0.1) is 0 Å². The summed E-state index contributed by atoms with van der Waals surface area (Å²) in [6.45, 7) is 1.93. The molecule has 0 aromatic heterocycles. The van der Waals surface area contributed by atoms with E-state index >= 15 is 0 Å². The van der Waals surface area contributed by atoms with E-state index in [1.807, 2.05) is 30.3 Å². The zero-order valence-electron chi connectivity index (χ0n) is 13.7. The molecular formula is C19H18N4O2. The highest BCUT2D eigenvalue weighted by Crippen LogP contribution is 2.15. The number of rotatable bonds is 4. The summed E-state index contributed by atoms with van der Waals surface area (Å²) in [6, 6.07) is 16.2. The van der Waals surface area contributed by atoms with Crippen LogP contribution in [0.25, 0.3) is 0 Å². The van der Waals surface area contributed by atoms with Gasteiger partial charge in [0, 0.05) is 11.3 Å². The predicted octanol–water partition coefficient (Wildman–Crippen LogP) is 2.05. The number of Topliss-reactive ketones (excluding diaryl/α,β-unsaturated/α-hetero) is 1. The number of hydrogen-bond donors (Lipinski definition) is 3. The number of anilines is 1. The molecule has 1 aliphatic heterocycles. The van der Waals surface area contributed by atoms with Crippen LogP contribution < -0.4 is 16.4 Å². The number of nitrogens with zero attached hydrogens (tertiary/aromatic N) is 1. The van der Waals surface area contributed by atoms with Crippen molar-refractivity contribution in [2.45, 2.75) is 6.92 Å². The summed E-state index contributed by atoms with van der Waals surface area (Å²) in [5.74, 6) is -0.145. The minimum Gasteiger partial charge on any atom is -0.384 e. The van der Waals surface area contributed by atoms with Gasteiger partial charge < -0.3 is 16.4 Å². The van der Waals surface area contributed by atoms with Gasteiger partial charge in [-0.3, -0.25) is 9.59 Å². The van der Waals surface area contributed by atoms with Gasteiger partial charge in [0.2, 0.25) is 0 Å². The number of carbonyl (C=O) groups is 2. The molecule has 2 aromatic rings. The van der Waals surface area contributed by atoms with Gasteiger partial charge in [0.25, 0.3) is 5.91 Å². The Bertz CT molecular complexity index is 868. The zero-order chi connectivity index (χ0) is 17.8. The second kappa shape index (κ2) is 7.00. The van der Waals surface area contributed by atoms with Crippen LogP contribution in [0.3, 0.4) is 0 Å². The molecule has 0 bridgehead atoms. The number of amides is 1. The molecule has 2 aromatic carbocycles. The van der Waals surface area contributed by atoms with Crippen LogP contribution in [0.2, 0.25) is 0 Å². The van der Waals surface area contributed by atoms with E-state index in [0.29, 0.717) is 23.5 Å². The van der Waals surface area contributed by atoms with Gasteiger partial charge in [0.15, 0.2) is 11.5 Å². The Labute approximate surface area is 145 Å². The minimum absolute atomic E-state index is 0.00215. The third-order valence-electron chi connectivity index (χ3n) is 3.82. The van der Waals surface area contributed by atoms with Crippen LogP contribution in [0.1, 0.15) is 22.8 Å². The smallest absolute Gasteiger partial charge is 0.278 e. The lowest BCUT2D eigenvalue weighted by atomic mass is 10.0. The molecule has 0 fully saturated rings. The van der Waals surface area contributed by atoms with Gasteiger partial charge in [0.1, 0.15) is 5.82 Å². The molecule has 3 rings (SSSR count). The summed E-state index contributed by atoms with van der Waals surface area (Å²) >= 11 is 0. The Hall–Kier alpha value is -3.41. The highest BCUT2D eigenvalue weighted by Gasteiger charge is 2.20. The average molecular weight is 334 g/mol. The van der Waals surface area contributed by atoms with Crippen molar-refractivity contribution in [3.05, 3.63) is 77.2 Å². The van der Waals surface area contributed by atoms with Crippen LogP contribution in [0, 0.1) is 0 Å². The number of ketones is 1. The standard InChI is InChI=1S/C19H18N4O2/c1-12(24)13-7-9-14(10-8-13)16-11-21-18(20)17(23-16)19(25)22-15-5-3-2-4-6-15/h2-10,21H,11,20H2,1H3,(H,22,25). The van der Waals surface area contributed by atoms with Crippen LogP contribution in [0.4, 0.5) is 5.69 Å². The van der Waals surface area contributed by atoms with Crippen molar-refractivity contribution in [3.8, 4) is 0 Å². The van der Waals surface area contributed by atoms with E-state index in [0.717, 1.165) is 5.56 Å². The molecule has 0 saturated heterocycles. The fraction of sp³-hybridized carbons (Fsp3) is 0.105. The lowest BCUT2D eigenvalue weighted by Crippen LogP contribution is -2.35. The van der Waals surface area contributed by atoms with Crippen molar-refractivity contribution in [1.29, 1.82) is 0 Å². The monoisotopic (exact) mass is 334 g/mol. The Morgan fingerprint density at radius 2 is 1.76 bits per heavy atom. The third-order valence-corrected chi connectivity index (χ3v) is 3.82. The maximum Gasteiger partial charge on any atom is 0.278 e. The number of aliphatic imine (C=N–C) groups is 1. The van der Waals surface area contributed by atoms with Crippen LogP contribution >= 0.6 is 0 Å². The molecule has 6 nitrogen and oxygen atoms in total. The molecule has 0 spiro atoms. The fourth-order valence-electron chi connectivity index (χ4n) is 2.45. The molecule has 0 atom stereocenters.